The molecule has 90 valence electrons. The van der Waals surface area contributed by atoms with E-state index in [1.807, 2.05) is 0 Å². The molecule has 0 aliphatic heterocycles. The van der Waals surface area contributed by atoms with E-state index in [1.54, 1.807) is 0 Å². The lowest BCUT2D eigenvalue weighted by Gasteiger charge is -2.12. The standard InChI is InChI=1S/C12H10BrFO3/c1-17-11(16)12(4-5-12)10(15)8-6-7(13)2-3-9(8)14/h2-3,6H,4-5H2,1H3. The van der Waals surface area contributed by atoms with Crippen LogP contribution in [0.4, 0.5) is 4.39 Å². The molecule has 2 rings (SSSR count). The minimum Gasteiger partial charge on any atom is -0.468 e. The van der Waals surface area contributed by atoms with Crippen molar-refractivity contribution in [3.05, 3.63) is 34.1 Å². The Labute approximate surface area is 106 Å². The SMILES string of the molecule is COC(=O)C1(C(=O)c2cc(Br)ccc2F)CC1. The van der Waals surface area contributed by atoms with Gasteiger partial charge in [0.1, 0.15) is 11.2 Å². The minimum atomic E-state index is -1.16. The number of Topliss-reactive ketones (excluding diaryl/α,β-unsaturated/α-hetero) is 1. The molecule has 0 amide bonds. The maximum Gasteiger partial charge on any atom is 0.319 e. The Morgan fingerprint density at radius 2 is 2.06 bits per heavy atom. The summed E-state index contributed by atoms with van der Waals surface area (Å²) in [5.74, 6) is -1.70. The van der Waals surface area contributed by atoms with Crippen molar-refractivity contribution in [2.75, 3.05) is 7.11 Å². The van der Waals surface area contributed by atoms with Gasteiger partial charge in [0, 0.05) is 4.47 Å². The van der Waals surface area contributed by atoms with Crippen LogP contribution >= 0.6 is 15.9 Å². The number of halogens is 2. The quantitative estimate of drug-likeness (QED) is 0.490. The lowest BCUT2D eigenvalue weighted by atomic mass is 9.94. The molecule has 0 bridgehead atoms. The van der Waals surface area contributed by atoms with Crippen LogP contribution in [0.15, 0.2) is 22.7 Å². The number of carbonyl (C=O) groups excluding carboxylic acids is 2. The van der Waals surface area contributed by atoms with E-state index >= 15 is 0 Å². The summed E-state index contributed by atoms with van der Waals surface area (Å²) in [5, 5.41) is 0. The molecule has 0 heterocycles. The van der Waals surface area contributed by atoms with E-state index in [0.717, 1.165) is 0 Å². The summed E-state index contributed by atoms with van der Waals surface area (Å²) >= 11 is 3.17. The number of hydrogen-bond acceptors (Lipinski definition) is 3. The van der Waals surface area contributed by atoms with Crippen LogP contribution < -0.4 is 0 Å². The number of benzene rings is 1. The smallest absolute Gasteiger partial charge is 0.319 e. The van der Waals surface area contributed by atoms with Crippen molar-refractivity contribution < 1.29 is 18.7 Å². The van der Waals surface area contributed by atoms with Gasteiger partial charge in [0.25, 0.3) is 0 Å². The van der Waals surface area contributed by atoms with Crippen molar-refractivity contribution >= 4 is 27.7 Å². The number of ketones is 1. The largest absolute Gasteiger partial charge is 0.468 e. The number of esters is 1. The van der Waals surface area contributed by atoms with Crippen LogP contribution in [-0.4, -0.2) is 18.9 Å². The zero-order valence-corrected chi connectivity index (χ0v) is 10.7. The molecule has 0 atom stereocenters. The Balaban J connectivity index is 2.38. The first-order chi connectivity index (χ1) is 8.01. The fourth-order valence-electron chi connectivity index (χ4n) is 1.77. The molecular weight excluding hydrogens is 291 g/mol. The van der Waals surface area contributed by atoms with Crippen molar-refractivity contribution in [1.29, 1.82) is 0 Å². The number of ether oxygens (including phenoxy) is 1. The van der Waals surface area contributed by atoms with Crippen molar-refractivity contribution in [1.82, 2.24) is 0 Å². The van der Waals surface area contributed by atoms with Gasteiger partial charge in [-0.05, 0) is 31.0 Å². The summed E-state index contributed by atoms with van der Waals surface area (Å²) in [4.78, 5) is 23.7. The molecule has 0 saturated heterocycles. The molecule has 1 aromatic rings. The van der Waals surface area contributed by atoms with Crippen LogP contribution in [0.1, 0.15) is 23.2 Å². The zero-order chi connectivity index (χ0) is 12.6. The molecule has 0 N–H and O–H groups in total. The molecule has 0 aromatic heterocycles. The van der Waals surface area contributed by atoms with Gasteiger partial charge in [-0.3, -0.25) is 9.59 Å². The lowest BCUT2D eigenvalue weighted by molar-refractivity contribution is -0.145. The summed E-state index contributed by atoms with van der Waals surface area (Å²) in [7, 11) is 1.23. The van der Waals surface area contributed by atoms with Crippen LogP contribution in [0.5, 0.6) is 0 Å². The van der Waals surface area contributed by atoms with Gasteiger partial charge in [-0.2, -0.15) is 0 Å². The lowest BCUT2D eigenvalue weighted by Crippen LogP contribution is -2.27. The Hall–Kier alpha value is -1.23. The number of methoxy groups -OCH3 is 1. The van der Waals surface area contributed by atoms with E-state index in [2.05, 4.69) is 20.7 Å². The van der Waals surface area contributed by atoms with E-state index in [0.29, 0.717) is 17.3 Å². The summed E-state index contributed by atoms with van der Waals surface area (Å²) in [6, 6.07) is 4.09. The maximum atomic E-state index is 13.6. The van der Waals surface area contributed by atoms with Crippen molar-refractivity contribution in [3.8, 4) is 0 Å². The van der Waals surface area contributed by atoms with E-state index in [1.165, 1.54) is 25.3 Å². The Morgan fingerprint density at radius 3 is 2.59 bits per heavy atom. The third-order valence-electron chi connectivity index (χ3n) is 2.93. The minimum absolute atomic E-state index is 0.0673. The van der Waals surface area contributed by atoms with Crippen LogP contribution in [0.2, 0.25) is 0 Å². The van der Waals surface area contributed by atoms with Crippen molar-refractivity contribution in [2.45, 2.75) is 12.8 Å². The second-order valence-corrected chi connectivity index (χ2v) is 4.94. The molecule has 5 heteroatoms. The first-order valence-corrected chi connectivity index (χ1v) is 5.89. The fourth-order valence-corrected chi connectivity index (χ4v) is 2.13. The number of hydrogen-bond donors (Lipinski definition) is 0. The third kappa shape index (κ3) is 1.99. The zero-order valence-electron chi connectivity index (χ0n) is 9.13. The third-order valence-corrected chi connectivity index (χ3v) is 3.43. The summed E-state index contributed by atoms with van der Waals surface area (Å²) in [6.07, 6.45) is 0.842. The van der Waals surface area contributed by atoms with E-state index < -0.39 is 23.0 Å². The number of carbonyl (C=O) groups is 2. The Morgan fingerprint density at radius 1 is 1.41 bits per heavy atom. The number of rotatable bonds is 3. The average Bonchev–Trinajstić information content (AvgIpc) is 3.11. The van der Waals surface area contributed by atoms with Gasteiger partial charge in [-0.25, -0.2) is 4.39 Å². The Kier molecular flexibility index (Phi) is 3.03. The molecule has 1 fully saturated rings. The van der Waals surface area contributed by atoms with Gasteiger partial charge < -0.3 is 4.74 Å². The summed E-state index contributed by atoms with van der Waals surface area (Å²) < 4.78 is 18.7. The summed E-state index contributed by atoms with van der Waals surface area (Å²) in [6.45, 7) is 0. The monoisotopic (exact) mass is 300 g/mol. The molecule has 0 radical (unpaired) electrons. The van der Waals surface area contributed by atoms with Gasteiger partial charge >= 0.3 is 5.97 Å². The normalized spacial score (nSPS) is 16.4. The van der Waals surface area contributed by atoms with Crippen LogP contribution in [0, 0.1) is 11.2 Å². The molecule has 0 unspecified atom stereocenters. The van der Waals surface area contributed by atoms with E-state index in [4.69, 9.17) is 0 Å². The topological polar surface area (TPSA) is 43.4 Å². The van der Waals surface area contributed by atoms with Gasteiger partial charge in [0.05, 0.1) is 12.7 Å². The average molecular weight is 301 g/mol. The molecular formula is C12H10BrFO3. The highest BCUT2D eigenvalue weighted by molar-refractivity contribution is 9.10. The predicted molar refractivity (Wildman–Crippen MR) is 62.1 cm³/mol. The molecule has 17 heavy (non-hydrogen) atoms. The van der Waals surface area contributed by atoms with Gasteiger partial charge in [0.2, 0.25) is 0 Å². The van der Waals surface area contributed by atoms with Gasteiger partial charge in [-0.15, -0.1) is 0 Å². The summed E-state index contributed by atoms with van der Waals surface area (Å²) in [5.41, 5.74) is -1.22. The Bertz CT molecular complexity index is 495. The first-order valence-electron chi connectivity index (χ1n) is 5.09. The van der Waals surface area contributed by atoms with E-state index in [-0.39, 0.29) is 5.56 Å². The highest BCUT2D eigenvalue weighted by atomic mass is 79.9. The second kappa shape index (κ2) is 4.22. The van der Waals surface area contributed by atoms with Crippen LogP contribution in [0.3, 0.4) is 0 Å². The molecule has 1 saturated carbocycles. The maximum absolute atomic E-state index is 13.6. The van der Waals surface area contributed by atoms with Crippen molar-refractivity contribution in [2.24, 2.45) is 5.41 Å². The second-order valence-electron chi connectivity index (χ2n) is 4.03. The van der Waals surface area contributed by atoms with Crippen molar-refractivity contribution in [3.63, 3.8) is 0 Å². The molecule has 1 aromatic carbocycles. The van der Waals surface area contributed by atoms with Gasteiger partial charge in [-0.1, -0.05) is 15.9 Å². The van der Waals surface area contributed by atoms with Crippen LogP contribution in [-0.2, 0) is 9.53 Å². The molecule has 0 spiro atoms. The molecule has 1 aliphatic rings. The molecule has 1 aliphatic carbocycles. The van der Waals surface area contributed by atoms with Crippen LogP contribution in [0.25, 0.3) is 0 Å². The fraction of sp³-hybridized carbons (Fsp3) is 0.333. The van der Waals surface area contributed by atoms with Gasteiger partial charge in [0.15, 0.2) is 5.78 Å². The van der Waals surface area contributed by atoms with E-state index in [9.17, 15) is 14.0 Å². The first kappa shape index (κ1) is 12.2. The molecule has 3 nitrogen and oxygen atoms in total. The highest BCUT2D eigenvalue weighted by Gasteiger charge is 2.58. The highest BCUT2D eigenvalue weighted by Crippen LogP contribution is 2.49. The predicted octanol–water partition coefficient (Wildman–Crippen LogP) is 2.72.